The van der Waals surface area contributed by atoms with Gasteiger partial charge in [-0.25, -0.2) is 0 Å². The van der Waals surface area contributed by atoms with E-state index in [9.17, 15) is 5.11 Å². The molecule has 2 heterocycles. The van der Waals surface area contributed by atoms with E-state index < -0.39 is 6.10 Å². The number of rotatable bonds is 8. The molecule has 3 rings (SSSR count). The topological polar surface area (TPSA) is 41.9 Å². The number of thiophene rings is 1. The summed E-state index contributed by atoms with van der Waals surface area (Å²) in [6.45, 7) is 3.56. The lowest BCUT2D eigenvalue weighted by atomic mass is 10.1. The number of aliphatic hydroxyl groups excluding tert-OH is 1. The van der Waals surface area contributed by atoms with Crippen molar-refractivity contribution in [2.45, 2.75) is 31.7 Å². The molecule has 2 aromatic rings. The molecule has 130 valence electrons. The van der Waals surface area contributed by atoms with Crippen LogP contribution in [-0.4, -0.2) is 48.5 Å². The van der Waals surface area contributed by atoms with Crippen LogP contribution in [0.3, 0.4) is 0 Å². The van der Waals surface area contributed by atoms with Crippen LogP contribution in [0.2, 0.25) is 0 Å². The maximum Gasteiger partial charge on any atom is 0.119 e. The van der Waals surface area contributed by atoms with Gasteiger partial charge in [0.15, 0.2) is 0 Å². The summed E-state index contributed by atoms with van der Waals surface area (Å²) in [5, 5.41) is 12.2. The molecule has 1 atom stereocenters. The zero-order chi connectivity index (χ0) is 16.6. The van der Waals surface area contributed by atoms with Gasteiger partial charge < -0.3 is 19.5 Å². The van der Waals surface area contributed by atoms with Crippen LogP contribution < -0.4 is 4.74 Å². The summed E-state index contributed by atoms with van der Waals surface area (Å²) in [6.07, 6.45) is 1.84. The summed E-state index contributed by atoms with van der Waals surface area (Å²) in [4.78, 5) is 3.49. The molecule has 1 saturated heterocycles. The Morgan fingerprint density at radius 2 is 1.92 bits per heavy atom. The van der Waals surface area contributed by atoms with Gasteiger partial charge in [-0.1, -0.05) is 24.3 Å². The molecule has 1 aliphatic rings. The monoisotopic (exact) mass is 347 g/mol. The molecule has 0 radical (unpaired) electrons. The Morgan fingerprint density at radius 3 is 2.62 bits per heavy atom. The smallest absolute Gasteiger partial charge is 0.119 e. The Kier molecular flexibility index (Phi) is 6.66. The van der Waals surface area contributed by atoms with Crippen molar-refractivity contribution in [3.63, 3.8) is 0 Å². The largest absolute Gasteiger partial charge is 0.490 e. The molecule has 1 aromatic carbocycles. The number of hydrogen-bond donors (Lipinski definition) is 1. The van der Waals surface area contributed by atoms with Gasteiger partial charge in [0.1, 0.15) is 11.9 Å². The Hall–Kier alpha value is -1.40. The minimum atomic E-state index is -0.434. The van der Waals surface area contributed by atoms with E-state index in [0.717, 1.165) is 31.7 Å². The van der Waals surface area contributed by atoms with E-state index >= 15 is 0 Å². The second-order valence-electron chi connectivity index (χ2n) is 6.18. The normalized spacial score (nSPS) is 17.7. The van der Waals surface area contributed by atoms with E-state index in [2.05, 4.69) is 11.0 Å². The average molecular weight is 347 g/mol. The van der Waals surface area contributed by atoms with Crippen molar-refractivity contribution in [2.75, 3.05) is 26.2 Å². The minimum Gasteiger partial charge on any atom is -0.490 e. The van der Waals surface area contributed by atoms with Crippen molar-refractivity contribution in [3.05, 3.63) is 52.7 Å². The average Bonchev–Trinajstić information content (AvgIpc) is 3.11. The van der Waals surface area contributed by atoms with Gasteiger partial charge in [0.25, 0.3) is 0 Å². The second kappa shape index (κ2) is 9.18. The summed E-state index contributed by atoms with van der Waals surface area (Å²) < 4.78 is 11.6. The van der Waals surface area contributed by atoms with Crippen LogP contribution in [0.15, 0.2) is 47.8 Å². The van der Waals surface area contributed by atoms with Crippen molar-refractivity contribution in [1.29, 1.82) is 0 Å². The van der Waals surface area contributed by atoms with Crippen molar-refractivity contribution in [1.82, 2.24) is 4.90 Å². The quantitative estimate of drug-likeness (QED) is 0.796. The number of likely N-dealkylation sites (tertiary alicyclic amines) is 1. The van der Waals surface area contributed by atoms with Gasteiger partial charge in [-0.15, -0.1) is 11.3 Å². The highest BCUT2D eigenvalue weighted by Gasteiger charge is 2.22. The molecule has 0 saturated carbocycles. The first-order chi connectivity index (χ1) is 11.8. The van der Waals surface area contributed by atoms with Gasteiger partial charge in [0.2, 0.25) is 0 Å². The summed E-state index contributed by atoms with van der Waals surface area (Å²) in [5.41, 5.74) is 0. The Labute approximate surface area is 147 Å². The number of ether oxygens (including phenoxy) is 2. The number of nitrogens with zero attached hydrogens (tertiary/aromatic N) is 1. The predicted octanol–water partition coefficient (Wildman–Crippen LogP) is 3.17. The van der Waals surface area contributed by atoms with Crippen LogP contribution in [0.4, 0.5) is 0 Å². The Bertz CT molecular complexity index is 568. The molecule has 1 aliphatic heterocycles. The van der Waals surface area contributed by atoms with Gasteiger partial charge in [-0.3, -0.25) is 0 Å². The molecular weight excluding hydrogens is 322 g/mol. The van der Waals surface area contributed by atoms with Gasteiger partial charge >= 0.3 is 0 Å². The number of hydrogen-bond acceptors (Lipinski definition) is 5. The fraction of sp³-hybridized carbons (Fsp3) is 0.474. The molecule has 1 fully saturated rings. The first-order valence-electron chi connectivity index (χ1n) is 8.52. The summed E-state index contributed by atoms with van der Waals surface area (Å²) in [5.74, 6) is 0.943. The summed E-state index contributed by atoms with van der Waals surface area (Å²) in [6, 6.07) is 14.1. The number of benzene rings is 1. The molecule has 0 spiro atoms. The van der Waals surface area contributed by atoms with Crippen LogP contribution in [-0.2, 0) is 11.3 Å². The van der Waals surface area contributed by atoms with E-state index in [4.69, 9.17) is 9.47 Å². The van der Waals surface area contributed by atoms with Crippen molar-refractivity contribution in [2.24, 2.45) is 0 Å². The standard InChI is InChI=1S/C19H25NO3S/c21-16(14-22-15-19-7-4-12-24-19)13-20-10-8-18(9-11-20)23-17-5-2-1-3-6-17/h1-7,12,16,18,21H,8-11,13-15H2. The lowest BCUT2D eigenvalue weighted by molar-refractivity contribution is 0.000418. The maximum absolute atomic E-state index is 10.1. The van der Waals surface area contributed by atoms with Crippen molar-refractivity contribution >= 4 is 11.3 Å². The van der Waals surface area contributed by atoms with E-state index in [0.29, 0.717) is 19.8 Å². The summed E-state index contributed by atoms with van der Waals surface area (Å²) >= 11 is 1.68. The third kappa shape index (κ3) is 5.60. The van der Waals surface area contributed by atoms with Gasteiger partial charge in [0, 0.05) is 24.5 Å². The highest BCUT2D eigenvalue weighted by Crippen LogP contribution is 2.18. The van der Waals surface area contributed by atoms with Crippen molar-refractivity contribution < 1.29 is 14.6 Å². The van der Waals surface area contributed by atoms with E-state index in [1.54, 1.807) is 11.3 Å². The Morgan fingerprint density at radius 1 is 1.12 bits per heavy atom. The molecular formula is C19H25NO3S. The van der Waals surface area contributed by atoms with Crippen LogP contribution in [0.25, 0.3) is 0 Å². The third-order valence-corrected chi connectivity index (χ3v) is 5.03. The third-order valence-electron chi connectivity index (χ3n) is 4.18. The van der Waals surface area contributed by atoms with Crippen LogP contribution in [0, 0.1) is 0 Å². The predicted molar refractivity (Wildman–Crippen MR) is 96.5 cm³/mol. The number of β-amino-alcohol motifs (C(OH)–C–C–N with tert-alkyl or cyclic N) is 1. The fourth-order valence-corrected chi connectivity index (χ4v) is 3.58. The van der Waals surface area contributed by atoms with Gasteiger partial charge in [0.05, 0.1) is 19.3 Å². The second-order valence-corrected chi connectivity index (χ2v) is 7.21. The van der Waals surface area contributed by atoms with E-state index in [1.807, 2.05) is 41.8 Å². The lowest BCUT2D eigenvalue weighted by Crippen LogP contribution is -2.42. The zero-order valence-corrected chi connectivity index (χ0v) is 14.7. The molecule has 1 unspecified atom stereocenters. The zero-order valence-electron chi connectivity index (χ0n) is 13.8. The van der Waals surface area contributed by atoms with Crippen LogP contribution in [0.5, 0.6) is 5.75 Å². The maximum atomic E-state index is 10.1. The minimum absolute atomic E-state index is 0.274. The highest BCUT2D eigenvalue weighted by molar-refractivity contribution is 7.09. The molecule has 5 heteroatoms. The van der Waals surface area contributed by atoms with Gasteiger partial charge in [-0.2, -0.15) is 0 Å². The van der Waals surface area contributed by atoms with E-state index in [1.165, 1.54) is 4.88 Å². The molecule has 1 N–H and O–H groups in total. The molecule has 1 aromatic heterocycles. The highest BCUT2D eigenvalue weighted by atomic mass is 32.1. The molecule has 4 nitrogen and oxygen atoms in total. The molecule has 0 amide bonds. The Balaban J connectivity index is 1.31. The van der Waals surface area contributed by atoms with E-state index in [-0.39, 0.29) is 6.10 Å². The number of aliphatic hydroxyl groups is 1. The first-order valence-corrected chi connectivity index (χ1v) is 9.40. The van der Waals surface area contributed by atoms with Crippen LogP contribution in [0.1, 0.15) is 17.7 Å². The number of para-hydroxylation sites is 1. The van der Waals surface area contributed by atoms with Crippen molar-refractivity contribution in [3.8, 4) is 5.75 Å². The first kappa shape index (κ1) is 17.4. The number of piperidine rings is 1. The van der Waals surface area contributed by atoms with Gasteiger partial charge in [-0.05, 0) is 36.4 Å². The molecule has 0 aliphatic carbocycles. The lowest BCUT2D eigenvalue weighted by Gasteiger charge is -2.33. The summed E-state index contributed by atoms with van der Waals surface area (Å²) in [7, 11) is 0. The molecule has 0 bridgehead atoms. The fourth-order valence-electron chi connectivity index (χ4n) is 2.94. The van der Waals surface area contributed by atoms with Crippen LogP contribution >= 0.6 is 11.3 Å². The SMILES string of the molecule is OC(COCc1cccs1)CN1CCC(Oc2ccccc2)CC1. The molecule has 24 heavy (non-hydrogen) atoms.